The number of carbonyl (C=O) groups is 1. The lowest BCUT2D eigenvalue weighted by molar-refractivity contribution is 0.0699. The molecule has 3 aromatic rings. The fourth-order valence-electron chi connectivity index (χ4n) is 4.79. The molecule has 3 N–H and O–H groups in total. The first-order valence-electron chi connectivity index (χ1n) is 12.3. The summed E-state index contributed by atoms with van der Waals surface area (Å²) in [5, 5.41) is 13.5. The number of fused-ring (bicyclic) bond motifs is 1. The molecule has 36 heavy (non-hydrogen) atoms. The SMILES string of the molecule is CNc1cc(Nc2cccn(C3CCN(CC(F)F)CC3)c2=O)nc2c(C(=O)NC3CCC3)cnn12. The third kappa shape index (κ3) is 4.90. The van der Waals surface area contributed by atoms with Crippen LogP contribution in [0.15, 0.2) is 35.4 Å². The van der Waals surface area contributed by atoms with Gasteiger partial charge in [0, 0.05) is 44.5 Å². The van der Waals surface area contributed by atoms with Gasteiger partial charge in [-0.25, -0.2) is 13.8 Å². The van der Waals surface area contributed by atoms with Crippen LogP contribution in [0.25, 0.3) is 5.65 Å². The Morgan fingerprint density at radius 2 is 2.00 bits per heavy atom. The number of piperidine rings is 1. The van der Waals surface area contributed by atoms with Crippen molar-refractivity contribution >= 4 is 28.9 Å². The van der Waals surface area contributed by atoms with Crippen molar-refractivity contribution in [3.8, 4) is 0 Å². The highest BCUT2D eigenvalue weighted by Gasteiger charge is 2.25. The number of carbonyl (C=O) groups excluding carboxylic acids is 1. The average Bonchev–Trinajstić information content (AvgIpc) is 3.26. The highest BCUT2D eigenvalue weighted by molar-refractivity contribution is 6.00. The zero-order valence-corrected chi connectivity index (χ0v) is 20.1. The van der Waals surface area contributed by atoms with Crippen molar-refractivity contribution in [3.63, 3.8) is 0 Å². The maximum absolute atomic E-state index is 13.3. The Balaban J connectivity index is 1.38. The molecule has 1 saturated carbocycles. The quantitative estimate of drug-likeness (QED) is 0.437. The second kappa shape index (κ2) is 10.2. The summed E-state index contributed by atoms with van der Waals surface area (Å²) in [6.45, 7) is 0.811. The molecule has 1 aliphatic carbocycles. The number of nitrogens with zero attached hydrogens (tertiary/aromatic N) is 5. The van der Waals surface area contributed by atoms with Crippen LogP contribution in [0.3, 0.4) is 0 Å². The molecule has 4 heterocycles. The summed E-state index contributed by atoms with van der Waals surface area (Å²) in [5.41, 5.74) is 0.868. The van der Waals surface area contributed by atoms with Gasteiger partial charge in [-0.1, -0.05) is 0 Å². The van der Waals surface area contributed by atoms with E-state index in [0.29, 0.717) is 54.5 Å². The number of nitrogens with one attached hydrogen (secondary N) is 3. The zero-order chi connectivity index (χ0) is 25.2. The normalized spacial score (nSPS) is 17.3. The fourth-order valence-corrected chi connectivity index (χ4v) is 4.79. The van der Waals surface area contributed by atoms with Crippen LogP contribution in [-0.4, -0.2) is 69.1 Å². The van der Waals surface area contributed by atoms with Gasteiger partial charge in [-0.05, 0) is 44.2 Å². The Morgan fingerprint density at radius 1 is 1.22 bits per heavy atom. The van der Waals surface area contributed by atoms with Crippen molar-refractivity contribution in [3.05, 3.63) is 46.5 Å². The Labute approximate surface area is 206 Å². The number of likely N-dealkylation sites (tertiary alicyclic amines) is 1. The van der Waals surface area contributed by atoms with Gasteiger partial charge in [0.15, 0.2) is 5.65 Å². The molecular weight excluding hydrogens is 470 g/mol. The molecule has 0 bridgehead atoms. The minimum Gasteiger partial charge on any atom is -0.373 e. The largest absolute Gasteiger partial charge is 0.373 e. The van der Waals surface area contributed by atoms with Crippen LogP contribution in [0.5, 0.6) is 0 Å². The molecule has 3 aromatic heterocycles. The topological polar surface area (TPSA) is 109 Å². The summed E-state index contributed by atoms with van der Waals surface area (Å²) in [4.78, 5) is 32.4. The van der Waals surface area contributed by atoms with Crippen LogP contribution in [0.4, 0.5) is 26.1 Å². The molecule has 0 unspecified atom stereocenters. The summed E-state index contributed by atoms with van der Waals surface area (Å²) in [6, 6.07) is 5.29. The number of hydrogen-bond acceptors (Lipinski definition) is 7. The van der Waals surface area contributed by atoms with Crippen molar-refractivity contribution in [1.82, 2.24) is 29.4 Å². The van der Waals surface area contributed by atoms with E-state index in [4.69, 9.17) is 0 Å². The lowest BCUT2D eigenvalue weighted by Gasteiger charge is -2.32. The Kier molecular flexibility index (Phi) is 6.86. The molecule has 1 aliphatic heterocycles. The first-order valence-corrected chi connectivity index (χ1v) is 12.3. The number of aromatic nitrogens is 4. The predicted molar refractivity (Wildman–Crippen MR) is 132 cm³/mol. The molecule has 2 fully saturated rings. The van der Waals surface area contributed by atoms with E-state index in [-0.39, 0.29) is 30.1 Å². The van der Waals surface area contributed by atoms with E-state index in [0.717, 1.165) is 19.3 Å². The molecule has 5 rings (SSSR count). The van der Waals surface area contributed by atoms with Crippen LogP contribution in [0, 0.1) is 0 Å². The Hall–Kier alpha value is -3.54. The lowest BCUT2D eigenvalue weighted by Crippen LogP contribution is -2.39. The molecule has 1 saturated heterocycles. The smallest absolute Gasteiger partial charge is 0.274 e. The van der Waals surface area contributed by atoms with E-state index >= 15 is 0 Å². The average molecular weight is 501 g/mol. The number of anilines is 3. The van der Waals surface area contributed by atoms with Crippen molar-refractivity contribution in [2.24, 2.45) is 0 Å². The lowest BCUT2D eigenvalue weighted by atomic mass is 9.93. The van der Waals surface area contributed by atoms with Gasteiger partial charge < -0.3 is 20.5 Å². The molecule has 0 atom stereocenters. The van der Waals surface area contributed by atoms with Gasteiger partial charge in [0.2, 0.25) is 0 Å². The third-order valence-corrected chi connectivity index (χ3v) is 7.00. The molecule has 10 nitrogen and oxygen atoms in total. The van der Waals surface area contributed by atoms with Crippen molar-refractivity contribution in [2.45, 2.75) is 50.6 Å². The van der Waals surface area contributed by atoms with Gasteiger partial charge in [-0.3, -0.25) is 14.5 Å². The number of halogens is 2. The van der Waals surface area contributed by atoms with Crippen LogP contribution in [0.1, 0.15) is 48.5 Å². The van der Waals surface area contributed by atoms with Gasteiger partial charge in [-0.15, -0.1) is 0 Å². The predicted octanol–water partition coefficient (Wildman–Crippen LogP) is 2.86. The van der Waals surface area contributed by atoms with Gasteiger partial charge in [0.25, 0.3) is 17.9 Å². The van der Waals surface area contributed by atoms with Crippen molar-refractivity contribution < 1.29 is 13.6 Å². The van der Waals surface area contributed by atoms with Gasteiger partial charge >= 0.3 is 0 Å². The summed E-state index contributed by atoms with van der Waals surface area (Å²) < 4.78 is 28.6. The van der Waals surface area contributed by atoms with Crippen molar-refractivity contribution in [2.75, 3.05) is 37.3 Å². The third-order valence-electron chi connectivity index (χ3n) is 7.00. The number of alkyl halides is 2. The van der Waals surface area contributed by atoms with Crippen LogP contribution in [0.2, 0.25) is 0 Å². The first-order chi connectivity index (χ1) is 17.4. The van der Waals surface area contributed by atoms with E-state index in [1.807, 2.05) is 0 Å². The molecule has 0 radical (unpaired) electrons. The van der Waals surface area contributed by atoms with Crippen LogP contribution >= 0.6 is 0 Å². The van der Waals surface area contributed by atoms with E-state index < -0.39 is 6.43 Å². The fraction of sp³-hybridized carbons (Fsp3) is 0.500. The minimum absolute atomic E-state index is 0.0619. The zero-order valence-electron chi connectivity index (χ0n) is 20.1. The number of hydrogen-bond donors (Lipinski definition) is 3. The van der Waals surface area contributed by atoms with E-state index in [1.165, 1.54) is 6.20 Å². The van der Waals surface area contributed by atoms with Gasteiger partial charge in [-0.2, -0.15) is 9.61 Å². The van der Waals surface area contributed by atoms with Gasteiger partial charge in [0.1, 0.15) is 22.9 Å². The summed E-state index contributed by atoms with van der Waals surface area (Å²) in [7, 11) is 1.74. The highest BCUT2D eigenvalue weighted by atomic mass is 19.3. The number of pyridine rings is 1. The molecule has 12 heteroatoms. The van der Waals surface area contributed by atoms with Crippen molar-refractivity contribution in [1.29, 1.82) is 0 Å². The number of rotatable bonds is 8. The molecule has 1 amide bonds. The maximum Gasteiger partial charge on any atom is 0.274 e. The Bertz CT molecular complexity index is 1290. The Morgan fingerprint density at radius 3 is 2.67 bits per heavy atom. The first kappa shape index (κ1) is 24.2. The minimum atomic E-state index is -2.36. The number of amides is 1. The standard InChI is InChI=1S/C24H30F2N8O2/c1-27-21-12-20(31-22-17(13-28-34(21)22)23(35)29-15-4-2-5-15)30-18-6-3-9-33(24(18)36)16-7-10-32(11-8-16)14-19(25)26/h3,6,9,12-13,15-16,19,27H,2,4-5,7-8,10-11,14H2,1H3,(H,29,35)(H,30,31). The van der Waals surface area contributed by atoms with E-state index in [2.05, 4.69) is 26.0 Å². The summed E-state index contributed by atoms with van der Waals surface area (Å²) in [6.07, 6.45) is 5.17. The second-order valence-electron chi connectivity index (χ2n) is 9.35. The molecule has 0 aromatic carbocycles. The molecule has 2 aliphatic rings. The van der Waals surface area contributed by atoms with Gasteiger partial charge in [0.05, 0.1) is 12.7 Å². The second-order valence-corrected chi connectivity index (χ2v) is 9.35. The highest BCUT2D eigenvalue weighted by Crippen LogP contribution is 2.25. The van der Waals surface area contributed by atoms with E-state index in [1.54, 1.807) is 45.4 Å². The maximum atomic E-state index is 13.3. The van der Waals surface area contributed by atoms with E-state index in [9.17, 15) is 18.4 Å². The summed E-state index contributed by atoms with van der Waals surface area (Å²) in [5.74, 6) is 0.779. The summed E-state index contributed by atoms with van der Waals surface area (Å²) >= 11 is 0. The molecular formula is C24H30F2N8O2. The van der Waals surface area contributed by atoms with Crippen LogP contribution in [-0.2, 0) is 0 Å². The molecule has 192 valence electrons. The van der Waals surface area contributed by atoms with Crippen LogP contribution < -0.4 is 21.5 Å². The molecule has 0 spiro atoms. The monoisotopic (exact) mass is 500 g/mol.